The molecule has 2 N–H and O–H groups in total. The number of nitrogens with one attached hydrogen (secondary N) is 2. The van der Waals surface area contributed by atoms with Crippen molar-refractivity contribution in [3.63, 3.8) is 0 Å². The van der Waals surface area contributed by atoms with Crippen LogP contribution in [0.1, 0.15) is 19.8 Å². The zero-order valence-corrected chi connectivity index (χ0v) is 9.46. The summed E-state index contributed by atoms with van der Waals surface area (Å²) in [6, 6.07) is 0. The zero-order chi connectivity index (χ0) is 11.0. The number of esters is 1. The lowest BCUT2D eigenvalue weighted by Gasteiger charge is -2.23. The first-order valence-electron chi connectivity index (χ1n) is 4.73. The Morgan fingerprint density at radius 3 is 2.53 bits per heavy atom. The number of thiocarbonyl (C=S) groups is 1. The first kappa shape index (κ1) is 10.2. The van der Waals surface area contributed by atoms with Crippen molar-refractivity contribution in [2.75, 3.05) is 7.11 Å². The molecule has 1 fully saturated rings. The monoisotopic (exact) mass is 224 g/mol. The van der Waals surface area contributed by atoms with Crippen molar-refractivity contribution < 1.29 is 9.53 Å². The van der Waals surface area contributed by atoms with Gasteiger partial charge in [0.15, 0.2) is 0 Å². The van der Waals surface area contributed by atoms with Crippen LogP contribution in [0.2, 0.25) is 0 Å². The molecule has 0 aromatic carbocycles. The normalized spacial score (nSPS) is 19.7. The molecule has 1 aliphatic carbocycles. The predicted octanol–water partition coefficient (Wildman–Crippen LogP) is 0.959. The molecule has 1 aliphatic heterocycles. The minimum absolute atomic E-state index is 0.405. The molecule has 80 valence electrons. The molecule has 4 nitrogen and oxygen atoms in total. The summed E-state index contributed by atoms with van der Waals surface area (Å²) in [4.78, 5) is 11.9. The highest BCUT2D eigenvalue weighted by molar-refractivity contribution is 7.80. The van der Waals surface area contributed by atoms with Gasteiger partial charge in [-0.2, -0.15) is 0 Å². The van der Waals surface area contributed by atoms with E-state index in [2.05, 4.69) is 15.4 Å². The SMILES string of the molecule is COC(=O)C1=C(C)NC(=C2CC2)NC1=S. The van der Waals surface area contributed by atoms with Crippen molar-refractivity contribution in [1.82, 2.24) is 10.6 Å². The van der Waals surface area contributed by atoms with E-state index in [4.69, 9.17) is 12.2 Å². The lowest BCUT2D eigenvalue weighted by atomic mass is 10.1. The van der Waals surface area contributed by atoms with Crippen molar-refractivity contribution >= 4 is 23.2 Å². The zero-order valence-electron chi connectivity index (χ0n) is 8.64. The van der Waals surface area contributed by atoms with Crippen molar-refractivity contribution in [1.29, 1.82) is 0 Å². The third-order valence-electron chi connectivity index (χ3n) is 2.40. The number of allylic oxidation sites excluding steroid dienone is 2. The second kappa shape index (κ2) is 3.66. The van der Waals surface area contributed by atoms with E-state index < -0.39 is 5.97 Å². The summed E-state index contributed by atoms with van der Waals surface area (Å²) in [6.07, 6.45) is 2.19. The van der Waals surface area contributed by atoms with E-state index in [-0.39, 0.29) is 0 Å². The average molecular weight is 224 g/mol. The molecular formula is C10H12N2O2S. The van der Waals surface area contributed by atoms with Gasteiger partial charge in [0, 0.05) is 5.70 Å². The van der Waals surface area contributed by atoms with Gasteiger partial charge in [-0.25, -0.2) is 4.79 Å². The fraction of sp³-hybridized carbons (Fsp3) is 0.400. The number of methoxy groups -OCH3 is 1. The Balaban J connectivity index is 2.31. The molecule has 0 unspecified atom stereocenters. The molecule has 0 aromatic heterocycles. The summed E-state index contributed by atoms with van der Waals surface area (Å²) >= 11 is 5.13. The Hall–Kier alpha value is -1.36. The van der Waals surface area contributed by atoms with Gasteiger partial charge in [-0.1, -0.05) is 12.2 Å². The van der Waals surface area contributed by atoms with E-state index >= 15 is 0 Å². The Morgan fingerprint density at radius 2 is 2.07 bits per heavy atom. The highest BCUT2D eigenvalue weighted by Gasteiger charge is 2.28. The van der Waals surface area contributed by atoms with Gasteiger partial charge in [-0.3, -0.25) is 0 Å². The van der Waals surface area contributed by atoms with E-state index in [9.17, 15) is 4.79 Å². The highest BCUT2D eigenvalue weighted by atomic mass is 32.1. The third-order valence-corrected chi connectivity index (χ3v) is 2.70. The quantitative estimate of drug-likeness (QED) is 0.513. The van der Waals surface area contributed by atoms with Crippen molar-refractivity contribution in [3.05, 3.63) is 22.7 Å². The Bertz CT molecular complexity index is 404. The predicted molar refractivity (Wildman–Crippen MR) is 59.8 cm³/mol. The lowest BCUT2D eigenvalue weighted by Crippen LogP contribution is -2.40. The summed E-state index contributed by atoms with van der Waals surface area (Å²) < 4.78 is 4.66. The fourth-order valence-corrected chi connectivity index (χ4v) is 1.80. The second-order valence-electron chi connectivity index (χ2n) is 3.55. The summed E-state index contributed by atoms with van der Waals surface area (Å²) in [7, 11) is 1.35. The maximum absolute atomic E-state index is 11.4. The molecule has 5 heteroatoms. The number of hydrogen-bond donors (Lipinski definition) is 2. The van der Waals surface area contributed by atoms with Crippen LogP contribution in [0.25, 0.3) is 0 Å². The molecule has 2 rings (SSSR count). The van der Waals surface area contributed by atoms with Crippen LogP contribution >= 0.6 is 12.2 Å². The number of carbonyl (C=O) groups is 1. The van der Waals surface area contributed by atoms with Gasteiger partial charge in [-0.15, -0.1) is 0 Å². The molecule has 2 aliphatic rings. The smallest absolute Gasteiger partial charge is 0.342 e. The molecule has 15 heavy (non-hydrogen) atoms. The van der Waals surface area contributed by atoms with Gasteiger partial charge < -0.3 is 15.4 Å². The van der Waals surface area contributed by atoms with Gasteiger partial charge in [0.2, 0.25) is 0 Å². The maximum Gasteiger partial charge on any atom is 0.342 e. The number of ether oxygens (including phenoxy) is 1. The Labute approximate surface area is 93.4 Å². The number of carbonyl (C=O) groups excluding carboxylic acids is 1. The summed E-state index contributed by atoms with van der Waals surface area (Å²) in [6.45, 7) is 1.82. The molecule has 0 bridgehead atoms. The molecule has 0 spiro atoms. The van der Waals surface area contributed by atoms with Crippen molar-refractivity contribution in [2.45, 2.75) is 19.8 Å². The highest BCUT2D eigenvalue weighted by Crippen LogP contribution is 2.31. The van der Waals surface area contributed by atoms with E-state index in [1.165, 1.54) is 12.7 Å². The largest absolute Gasteiger partial charge is 0.465 e. The maximum atomic E-state index is 11.4. The summed E-state index contributed by atoms with van der Waals surface area (Å²) in [5.41, 5.74) is 2.48. The molecular weight excluding hydrogens is 212 g/mol. The second-order valence-corrected chi connectivity index (χ2v) is 3.96. The topological polar surface area (TPSA) is 50.4 Å². The molecule has 1 heterocycles. The standard InChI is InChI=1S/C10H12N2O2S/c1-5-7(10(13)14-2)9(15)12-8(11-5)6-3-4-6/h11H,3-4H2,1-2H3,(H,12,15). The van der Waals surface area contributed by atoms with E-state index in [0.29, 0.717) is 10.6 Å². The van der Waals surface area contributed by atoms with Crippen LogP contribution in [-0.4, -0.2) is 18.1 Å². The molecule has 0 aromatic rings. The number of hydrogen-bond acceptors (Lipinski definition) is 4. The number of rotatable bonds is 1. The molecule has 0 radical (unpaired) electrons. The van der Waals surface area contributed by atoms with Crippen LogP contribution in [-0.2, 0) is 9.53 Å². The van der Waals surface area contributed by atoms with Gasteiger partial charge >= 0.3 is 5.97 Å². The van der Waals surface area contributed by atoms with Crippen molar-refractivity contribution in [2.24, 2.45) is 0 Å². The minimum atomic E-state index is -0.405. The summed E-state index contributed by atoms with van der Waals surface area (Å²) in [5.74, 6) is 0.530. The average Bonchev–Trinajstić information content (AvgIpc) is 2.99. The van der Waals surface area contributed by atoms with Gasteiger partial charge in [0.05, 0.1) is 7.11 Å². The minimum Gasteiger partial charge on any atom is -0.465 e. The Morgan fingerprint density at radius 1 is 1.40 bits per heavy atom. The fourth-order valence-electron chi connectivity index (χ4n) is 1.46. The molecule has 0 atom stereocenters. The van der Waals surface area contributed by atoms with Crippen LogP contribution in [0.5, 0.6) is 0 Å². The molecule has 1 saturated carbocycles. The first-order chi connectivity index (χ1) is 7.13. The lowest BCUT2D eigenvalue weighted by molar-refractivity contribution is -0.135. The van der Waals surface area contributed by atoms with Gasteiger partial charge in [-0.05, 0) is 25.3 Å². The van der Waals surface area contributed by atoms with E-state index in [1.807, 2.05) is 6.92 Å². The van der Waals surface area contributed by atoms with E-state index in [1.54, 1.807) is 0 Å². The Kier molecular flexibility index (Phi) is 2.48. The molecule has 0 amide bonds. The van der Waals surface area contributed by atoms with Crippen LogP contribution in [0, 0.1) is 0 Å². The van der Waals surface area contributed by atoms with Crippen LogP contribution in [0.3, 0.4) is 0 Å². The molecule has 0 saturated heterocycles. The third kappa shape index (κ3) is 1.87. The first-order valence-corrected chi connectivity index (χ1v) is 5.14. The van der Waals surface area contributed by atoms with Crippen LogP contribution in [0.4, 0.5) is 0 Å². The van der Waals surface area contributed by atoms with Crippen molar-refractivity contribution in [3.8, 4) is 0 Å². The van der Waals surface area contributed by atoms with Crippen LogP contribution < -0.4 is 10.6 Å². The van der Waals surface area contributed by atoms with Gasteiger partial charge in [0.1, 0.15) is 16.4 Å². The van der Waals surface area contributed by atoms with Crippen LogP contribution in [0.15, 0.2) is 22.7 Å². The summed E-state index contributed by atoms with van der Waals surface area (Å²) in [5, 5.41) is 6.15. The van der Waals surface area contributed by atoms with Gasteiger partial charge in [0.25, 0.3) is 0 Å². The van der Waals surface area contributed by atoms with E-state index in [0.717, 1.165) is 24.4 Å².